The largest absolute Gasteiger partial charge is 0.337 e. The number of rotatable bonds is 3. The molecule has 0 bridgehead atoms. The summed E-state index contributed by atoms with van der Waals surface area (Å²) in [4.78, 5) is 14.8. The summed E-state index contributed by atoms with van der Waals surface area (Å²) in [5.41, 5.74) is 1.86. The van der Waals surface area contributed by atoms with Crippen molar-refractivity contribution in [3.05, 3.63) is 47.8 Å². The Morgan fingerprint density at radius 1 is 1.15 bits per heavy atom. The Kier molecular flexibility index (Phi) is 5.02. The summed E-state index contributed by atoms with van der Waals surface area (Å²) in [5, 5.41) is 11.8. The number of aromatic nitrogens is 3. The van der Waals surface area contributed by atoms with Gasteiger partial charge in [0.1, 0.15) is 0 Å². The molecular formula is C20H27N5O. The Morgan fingerprint density at radius 3 is 2.65 bits per heavy atom. The molecule has 6 heteroatoms. The molecule has 2 aliphatic rings. The molecule has 3 heterocycles. The summed E-state index contributed by atoms with van der Waals surface area (Å²) >= 11 is 0. The second-order valence-corrected chi connectivity index (χ2v) is 7.60. The first-order valence-electron chi connectivity index (χ1n) is 9.69. The molecule has 0 aliphatic carbocycles. The van der Waals surface area contributed by atoms with Crippen LogP contribution in [0.15, 0.2) is 36.5 Å². The number of hydrogen-bond donors (Lipinski definition) is 1. The molecule has 0 radical (unpaired) electrons. The van der Waals surface area contributed by atoms with Crippen LogP contribution >= 0.6 is 0 Å². The van der Waals surface area contributed by atoms with E-state index in [1.807, 2.05) is 15.8 Å². The van der Waals surface area contributed by atoms with Gasteiger partial charge in [-0.25, -0.2) is 4.68 Å². The molecule has 1 aromatic heterocycles. The van der Waals surface area contributed by atoms with E-state index in [0.29, 0.717) is 23.6 Å². The molecule has 2 atom stereocenters. The van der Waals surface area contributed by atoms with Gasteiger partial charge in [0.05, 0.1) is 12.2 Å². The molecule has 0 unspecified atom stereocenters. The lowest BCUT2D eigenvalue weighted by atomic mass is 9.81. The maximum Gasteiger partial charge on any atom is 0.276 e. The first-order valence-corrected chi connectivity index (χ1v) is 9.69. The Labute approximate surface area is 154 Å². The number of carbonyl (C=O) groups excluding carboxylic acids is 1. The van der Waals surface area contributed by atoms with E-state index in [-0.39, 0.29) is 5.91 Å². The Balaban J connectivity index is 1.41. The fraction of sp³-hybridized carbons (Fsp3) is 0.550. The monoisotopic (exact) mass is 353 g/mol. The van der Waals surface area contributed by atoms with Crippen LogP contribution in [0.4, 0.5) is 0 Å². The fourth-order valence-electron chi connectivity index (χ4n) is 4.31. The summed E-state index contributed by atoms with van der Waals surface area (Å²) in [7, 11) is 0. The molecule has 2 saturated heterocycles. The normalized spacial score (nSPS) is 24.6. The van der Waals surface area contributed by atoms with Gasteiger partial charge in [0.15, 0.2) is 5.69 Å². The maximum atomic E-state index is 12.9. The van der Waals surface area contributed by atoms with Gasteiger partial charge in [0.25, 0.3) is 5.91 Å². The number of likely N-dealkylation sites (tertiary alicyclic amines) is 1. The summed E-state index contributed by atoms with van der Waals surface area (Å²) in [6.45, 7) is 5.79. The molecule has 26 heavy (non-hydrogen) atoms. The van der Waals surface area contributed by atoms with Gasteiger partial charge in [-0.3, -0.25) is 4.79 Å². The molecule has 0 saturated carbocycles. The van der Waals surface area contributed by atoms with Crippen LogP contribution in [0.3, 0.4) is 0 Å². The summed E-state index contributed by atoms with van der Waals surface area (Å²) < 4.78 is 1.88. The highest BCUT2D eigenvalue weighted by atomic mass is 16.2. The van der Waals surface area contributed by atoms with E-state index in [9.17, 15) is 4.79 Å². The highest BCUT2D eigenvalue weighted by Gasteiger charge is 2.31. The maximum absolute atomic E-state index is 12.9. The number of carbonyl (C=O) groups is 1. The third-order valence-electron chi connectivity index (χ3n) is 5.83. The van der Waals surface area contributed by atoms with Crippen LogP contribution in [0.25, 0.3) is 0 Å². The lowest BCUT2D eigenvalue weighted by Gasteiger charge is -2.36. The average molecular weight is 353 g/mol. The van der Waals surface area contributed by atoms with Gasteiger partial charge in [-0.05, 0) is 49.8 Å². The van der Waals surface area contributed by atoms with Crippen molar-refractivity contribution in [1.29, 1.82) is 0 Å². The lowest BCUT2D eigenvalue weighted by molar-refractivity contribution is 0.0654. The van der Waals surface area contributed by atoms with Crippen molar-refractivity contribution in [2.24, 2.45) is 5.92 Å². The van der Waals surface area contributed by atoms with Crippen molar-refractivity contribution in [2.75, 3.05) is 26.2 Å². The third kappa shape index (κ3) is 3.51. The van der Waals surface area contributed by atoms with Crippen LogP contribution < -0.4 is 5.32 Å². The Hall–Kier alpha value is -2.21. The first-order chi connectivity index (χ1) is 12.7. The van der Waals surface area contributed by atoms with Gasteiger partial charge in [0, 0.05) is 13.1 Å². The van der Waals surface area contributed by atoms with Crippen LogP contribution in [0.2, 0.25) is 0 Å². The summed E-state index contributed by atoms with van der Waals surface area (Å²) in [6, 6.07) is 11.0. The zero-order chi connectivity index (χ0) is 17.9. The quantitative estimate of drug-likeness (QED) is 0.921. The van der Waals surface area contributed by atoms with E-state index in [2.05, 4.69) is 52.9 Å². The SMILES string of the molecule is C[C@@H]1CN(C(=O)c2cn(C3CCNCC3)nn2)CC[C@@H]1c1ccccc1. The van der Waals surface area contributed by atoms with Gasteiger partial charge in [-0.1, -0.05) is 42.5 Å². The van der Waals surface area contributed by atoms with Gasteiger partial charge in [-0.2, -0.15) is 0 Å². The molecule has 1 aromatic carbocycles. The van der Waals surface area contributed by atoms with Crippen molar-refractivity contribution in [1.82, 2.24) is 25.2 Å². The zero-order valence-corrected chi connectivity index (χ0v) is 15.3. The zero-order valence-electron chi connectivity index (χ0n) is 15.3. The molecule has 4 rings (SSSR count). The summed E-state index contributed by atoms with van der Waals surface area (Å²) in [6.07, 6.45) is 4.92. The van der Waals surface area contributed by atoms with Gasteiger partial charge < -0.3 is 10.2 Å². The van der Waals surface area contributed by atoms with Crippen molar-refractivity contribution >= 4 is 5.91 Å². The number of nitrogens with one attached hydrogen (secondary N) is 1. The predicted molar refractivity (Wildman–Crippen MR) is 100 cm³/mol. The molecule has 2 aliphatic heterocycles. The van der Waals surface area contributed by atoms with E-state index in [1.165, 1.54) is 5.56 Å². The fourth-order valence-corrected chi connectivity index (χ4v) is 4.31. The van der Waals surface area contributed by atoms with E-state index in [1.54, 1.807) is 0 Å². The second kappa shape index (κ2) is 7.58. The topological polar surface area (TPSA) is 63.1 Å². The van der Waals surface area contributed by atoms with Crippen molar-refractivity contribution in [2.45, 2.75) is 38.1 Å². The lowest BCUT2D eigenvalue weighted by Crippen LogP contribution is -2.42. The van der Waals surface area contributed by atoms with Crippen molar-refractivity contribution in [3.63, 3.8) is 0 Å². The molecule has 0 spiro atoms. The van der Waals surface area contributed by atoms with E-state index >= 15 is 0 Å². The van der Waals surface area contributed by atoms with E-state index in [4.69, 9.17) is 0 Å². The standard InChI is InChI=1S/C20H27N5O/c1-15-13-24(12-9-18(15)16-5-3-2-4-6-16)20(26)19-14-25(23-22-19)17-7-10-21-11-8-17/h2-6,14-15,17-18,21H,7-13H2,1H3/t15-,18+/m1/s1. The second-order valence-electron chi connectivity index (χ2n) is 7.60. The smallest absolute Gasteiger partial charge is 0.276 e. The predicted octanol–water partition coefficient (Wildman–Crippen LogP) is 2.47. The number of piperidine rings is 2. The van der Waals surface area contributed by atoms with E-state index in [0.717, 1.165) is 45.4 Å². The number of nitrogens with zero attached hydrogens (tertiary/aromatic N) is 4. The number of hydrogen-bond acceptors (Lipinski definition) is 4. The molecule has 1 N–H and O–H groups in total. The minimum absolute atomic E-state index is 0.0172. The van der Waals surface area contributed by atoms with Crippen LogP contribution in [0.5, 0.6) is 0 Å². The Morgan fingerprint density at radius 2 is 1.92 bits per heavy atom. The van der Waals surface area contributed by atoms with Gasteiger partial charge >= 0.3 is 0 Å². The number of benzene rings is 1. The minimum atomic E-state index is 0.0172. The number of amides is 1. The van der Waals surface area contributed by atoms with Crippen molar-refractivity contribution in [3.8, 4) is 0 Å². The third-order valence-corrected chi connectivity index (χ3v) is 5.83. The van der Waals surface area contributed by atoms with Crippen LogP contribution in [-0.4, -0.2) is 52.0 Å². The average Bonchev–Trinajstić information content (AvgIpc) is 3.19. The Bertz CT molecular complexity index is 738. The molecular weight excluding hydrogens is 326 g/mol. The van der Waals surface area contributed by atoms with Crippen LogP contribution in [0, 0.1) is 5.92 Å². The van der Waals surface area contributed by atoms with Crippen molar-refractivity contribution < 1.29 is 4.79 Å². The molecule has 6 nitrogen and oxygen atoms in total. The molecule has 138 valence electrons. The van der Waals surface area contributed by atoms with E-state index < -0.39 is 0 Å². The first kappa shape index (κ1) is 17.2. The minimum Gasteiger partial charge on any atom is -0.337 e. The van der Waals surface area contributed by atoms with Gasteiger partial charge in [-0.15, -0.1) is 5.10 Å². The van der Waals surface area contributed by atoms with Crippen LogP contribution in [0.1, 0.15) is 54.2 Å². The molecule has 2 fully saturated rings. The van der Waals surface area contributed by atoms with Gasteiger partial charge in [0.2, 0.25) is 0 Å². The highest BCUT2D eigenvalue weighted by Crippen LogP contribution is 2.33. The molecule has 2 aromatic rings. The molecule has 1 amide bonds. The highest BCUT2D eigenvalue weighted by molar-refractivity contribution is 5.92. The van der Waals surface area contributed by atoms with Crippen LogP contribution in [-0.2, 0) is 0 Å². The summed E-state index contributed by atoms with van der Waals surface area (Å²) in [5.74, 6) is 0.976.